The molecule has 3 rings (SSSR count). The zero-order valence-corrected chi connectivity index (χ0v) is 15.6. The molecule has 0 N–H and O–H groups in total. The van der Waals surface area contributed by atoms with Gasteiger partial charge in [-0.2, -0.15) is 0 Å². The van der Waals surface area contributed by atoms with Crippen LogP contribution in [0, 0.1) is 5.82 Å². The Hall–Kier alpha value is -1.86. The standard InChI is InChI=1S/C18H19FN2O2S2/c1-12-16(22)21(18(25-12)15-7-4-10-24-15)9-8-20(2)17(23)13-5-3-6-14(19)11-13/h3-7,10-12,18H,8-9H2,1-2H3/t12-,18-/m0/s1. The van der Waals surface area contributed by atoms with E-state index in [1.54, 1.807) is 36.2 Å². The van der Waals surface area contributed by atoms with E-state index in [-0.39, 0.29) is 22.4 Å². The summed E-state index contributed by atoms with van der Waals surface area (Å²) >= 11 is 3.26. The minimum Gasteiger partial charge on any atom is -0.340 e. The number of thioether (sulfide) groups is 1. The van der Waals surface area contributed by atoms with Crippen LogP contribution in [0.3, 0.4) is 0 Å². The maximum absolute atomic E-state index is 13.3. The summed E-state index contributed by atoms with van der Waals surface area (Å²) in [6.07, 6.45) is 0. The van der Waals surface area contributed by atoms with Crippen LogP contribution in [-0.4, -0.2) is 47.0 Å². The number of benzene rings is 1. The number of carbonyl (C=O) groups excluding carboxylic acids is 2. The lowest BCUT2D eigenvalue weighted by atomic mass is 10.2. The van der Waals surface area contributed by atoms with E-state index in [4.69, 9.17) is 0 Å². The lowest BCUT2D eigenvalue weighted by Gasteiger charge is -2.26. The number of hydrogen-bond acceptors (Lipinski definition) is 4. The monoisotopic (exact) mass is 378 g/mol. The Morgan fingerprint density at radius 1 is 1.32 bits per heavy atom. The molecular weight excluding hydrogens is 359 g/mol. The molecule has 4 nitrogen and oxygen atoms in total. The maximum Gasteiger partial charge on any atom is 0.253 e. The molecule has 25 heavy (non-hydrogen) atoms. The van der Waals surface area contributed by atoms with E-state index in [1.807, 2.05) is 29.3 Å². The van der Waals surface area contributed by atoms with Crippen LogP contribution in [0.5, 0.6) is 0 Å². The molecule has 1 aromatic heterocycles. The van der Waals surface area contributed by atoms with Gasteiger partial charge in [-0.25, -0.2) is 4.39 Å². The van der Waals surface area contributed by atoms with Gasteiger partial charge < -0.3 is 9.80 Å². The van der Waals surface area contributed by atoms with Gasteiger partial charge in [0.2, 0.25) is 5.91 Å². The van der Waals surface area contributed by atoms with E-state index >= 15 is 0 Å². The molecule has 2 atom stereocenters. The molecule has 0 radical (unpaired) electrons. The van der Waals surface area contributed by atoms with E-state index in [1.165, 1.54) is 23.1 Å². The summed E-state index contributed by atoms with van der Waals surface area (Å²) in [5.41, 5.74) is 0.313. The van der Waals surface area contributed by atoms with Crippen molar-refractivity contribution in [1.29, 1.82) is 0 Å². The number of rotatable bonds is 5. The molecule has 2 heterocycles. The summed E-state index contributed by atoms with van der Waals surface area (Å²) in [5.74, 6) is -0.591. The molecule has 0 saturated carbocycles. The number of amides is 2. The van der Waals surface area contributed by atoms with E-state index in [0.717, 1.165) is 4.88 Å². The van der Waals surface area contributed by atoms with E-state index in [0.29, 0.717) is 18.7 Å². The first-order valence-electron chi connectivity index (χ1n) is 7.97. The van der Waals surface area contributed by atoms with E-state index < -0.39 is 5.82 Å². The molecular formula is C18H19FN2O2S2. The fraction of sp³-hybridized carbons (Fsp3) is 0.333. The fourth-order valence-electron chi connectivity index (χ4n) is 2.76. The maximum atomic E-state index is 13.3. The minimum absolute atomic E-state index is 0.000159. The molecule has 1 aliphatic heterocycles. The Labute approximate surface area is 154 Å². The average Bonchev–Trinajstić information content (AvgIpc) is 3.22. The van der Waals surface area contributed by atoms with Crippen LogP contribution in [0.2, 0.25) is 0 Å². The summed E-state index contributed by atoms with van der Waals surface area (Å²) < 4.78 is 13.3. The molecule has 1 saturated heterocycles. The zero-order valence-electron chi connectivity index (χ0n) is 14.0. The van der Waals surface area contributed by atoms with Crippen molar-refractivity contribution in [2.45, 2.75) is 17.5 Å². The van der Waals surface area contributed by atoms with Crippen LogP contribution < -0.4 is 0 Å². The van der Waals surface area contributed by atoms with Crippen LogP contribution in [0.25, 0.3) is 0 Å². The first-order valence-corrected chi connectivity index (χ1v) is 9.80. The average molecular weight is 378 g/mol. The van der Waals surface area contributed by atoms with Gasteiger partial charge in [-0.15, -0.1) is 23.1 Å². The second-order valence-electron chi connectivity index (χ2n) is 5.91. The molecule has 0 spiro atoms. The molecule has 132 valence electrons. The van der Waals surface area contributed by atoms with Crippen LogP contribution in [0.15, 0.2) is 41.8 Å². The Morgan fingerprint density at radius 3 is 2.80 bits per heavy atom. The molecule has 7 heteroatoms. The third kappa shape index (κ3) is 3.88. The molecule has 1 aliphatic rings. The van der Waals surface area contributed by atoms with Gasteiger partial charge >= 0.3 is 0 Å². The molecule has 1 fully saturated rings. The SMILES string of the molecule is C[C@@H]1S[C@@H](c2cccs2)N(CCN(C)C(=O)c2cccc(F)c2)C1=O. The summed E-state index contributed by atoms with van der Waals surface area (Å²) in [7, 11) is 1.67. The Morgan fingerprint density at radius 2 is 2.12 bits per heavy atom. The minimum atomic E-state index is -0.433. The van der Waals surface area contributed by atoms with Gasteiger partial charge in [0, 0.05) is 30.6 Å². The normalized spacial score (nSPS) is 20.1. The van der Waals surface area contributed by atoms with Crippen molar-refractivity contribution in [3.63, 3.8) is 0 Å². The quantitative estimate of drug-likeness (QED) is 0.798. The van der Waals surface area contributed by atoms with Crippen molar-refractivity contribution < 1.29 is 14.0 Å². The molecule has 2 aromatic rings. The zero-order chi connectivity index (χ0) is 18.0. The lowest BCUT2D eigenvalue weighted by molar-refractivity contribution is -0.129. The summed E-state index contributed by atoms with van der Waals surface area (Å²) in [5, 5.41) is 1.91. The van der Waals surface area contributed by atoms with Crippen molar-refractivity contribution in [2.75, 3.05) is 20.1 Å². The molecule has 0 bridgehead atoms. The number of hydrogen-bond donors (Lipinski definition) is 0. The van der Waals surface area contributed by atoms with Crippen LogP contribution in [-0.2, 0) is 4.79 Å². The highest BCUT2D eigenvalue weighted by Crippen LogP contribution is 2.44. The van der Waals surface area contributed by atoms with Crippen molar-refractivity contribution in [2.24, 2.45) is 0 Å². The Bertz CT molecular complexity index is 766. The van der Waals surface area contributed by atoms with Gasteiger partial charge in [0.1, 0.15) is 11.2 Å². The number of nitrogens with zero attached hydrogens (tertiary/aromatic N) is 2. The molecule has 0 aliphatic carbocycles. The smallest absolute Gasteiger partial charge is 0.253 e. The summed E-state index contributed by atoms with van der Waals surface area (Å²) in [4.78, 5) is 29.4. The number of carbonyl (C=O) groups is 2. The molecule has 0 unspecified atom stereocenters. The second-order valence-corrected chi connectivity index (χ2v) is 8.32. The van der Waals surface area contributed by atoms with Crippen LogP contribution in [0.1, 0.15) is 27.5 Å². The third-order valence-electron chi connectivity index (χ3n) is 4.13. The van der Waals surface area contributed by atoms with Gasteiger partial charge in [0.05, 0.1) is 5.25 Å². The van der Waals surface area contributed by atoms with Crippen molar-refractivity contribution in [3.8, 4) is 0 Å². The topological polar surface area (TPSA) is 40.6 Å². The van der Waals surface area contributed by atoms with Crippen molar-refractivity contribution in [1.82, 2.24) is 9.80 Å². The van der Waals surface area contributed by atoms with Gasteiger partial charge in [-0.05, 0) is 36.6 Å². The highest BCUT2D eigenvalue weighted by atomic mass is 32.2. The third-order valence-corrected chi connectivity index (χ3v) is 6.58. The van der Waals surface area contributed by atoms with Gasteiger partial charge in [0.25, 0.3) is 5.91 Å². The molecule has 1 aromatic carbocycles. The fourth-order valence-corrected chi connectivity index (χ4v) is 5.01. The number of thiophene rings is 1. The Kier molecular flexibility index (Phi) is 5.44. The molecule has 2 amide bonds. The van der Waals surface area contributed by atoms with Gasteiger partial charge in [0.15, 0.2) is 0 Å². The van der Waals surface area contributed by atoms with Crippen molar-refractivity contribution >= 4 is 34.9 Å². The summed E-state index contributed by atoms with van der Waals surface area (Å²) in [6, 6.07) is 9.66. The van der Waals surface area contributed by atoms with E-state index in [9.17, 15) is 14.0 Å². The predicted molar refractivity (Wildman–Crippen MR) is 99.2 cm³/mol. The van der Waals surface area contributed by atoms with Gasteiger partial charge in [-0.1, -0.05) is 12.1 Å². The first-order chi connectivity index (χ1) is 12.0. The largest absolute Gasteiger partial charge is 0.340 e. The first kappa shape index (κ1) is 17.9. The predicted octanol–water partition coefficient (Wildman–Crippen LogP) is 3.62. The number of halogens is 1. The van der Waals surface area contributed by atoms with Gasteiger partial charge in [-0.3, -0.25) is 9.59 Å². The van der Waals surface area contributed by atoms with Crippen LogP contribution in [0.4, 0.5) is 4.39 Å². The van der Waals surface area contributed by atoms with Crippen LogP contribution >= 0.6 is 23.1 Å². The summed E-state index contributed by atoms with van der Waals surface area (Å²) in [6.45, 7) is 2.77. The highest BCUT2D eigenvalue weighted by Gasteiger charge is 2.38. The highest BCUT2D eigenvalue weighted by molar-refractivity contribution is 8.01. The van der Waals surface area contributed by atoms with E-state index in [2.05, 4.69) is 0 Å². The second kappa shape index (κ2) is 7.58. The Balaban J connectivity index is 1.66. The van der Waals surface area contributed by atoms with Crippen molar-refractivity contribution in [3.05, 3.63) is 58.0 Å². The number of likely N-dealkylation sites (N-methyl/N-ethyl adjacent to an activating group) is 1. The lowest BCUT2D eigenvalue weighted by Crippen LogP contribution is -2.38.